The van der Waals surface area contributed by atoms with Gasteiger partial charge in [0, 0.05) is 37.9 Å². The molecule has 1 aromatic heterocycles. The van der Waals surface area contributed by atoms with E-state index in [9.17, 15) is 27.6 Å². The van der Waals surface area contributed by atoms with Gasteiger partial charge in [-0.3, -0.25) is 14.5 Å². The second-order valence-electron chi connectivity index (χ2n) is 8.16. The molecule has 1 unspecified atom stereocenters. The molecule has 0 spiro atoms. The van der Waals surface area contributed by atoms with Crippen molar-refractivity contribution in [2.45, 2.75) is 25.9 Å². The van der Waals surface area contributed by atoms with Gasteiger partial charge in [0.15, 0.2) is 12.1 Å². The Morgan fingerprint density at radius 2 is 1.83 bits per heavy atom. The van der Waals surface area contributed by atoms with Crippen molar-refractivity contribution >= 4 is 23.1 Å². The SMILES string of the molecule is CC#CCN1c2c(ccn(CC(=O)c3ccccc3)c2=O)N(OC(=O)C(F)(F)F)C1N1CCNCC1. The highest BCUT2D eigenvalue weighted by Crippen LogP contribution is 2.39. The molecule has 1 saturated heterocycles. The maximum absolute atomic E-state index is 13.6. The van der Waals surface area contributed by atoms with E-state index in [1.165, 1.54) is 21.7 Å². The van der Waals surface area contributed by atoms with Crippen LogP contribution in [0.4, 0.5) is 24.5 Å². The van der Waals surface area contributed by atoms with Gasteiger partial charge in [-0.15, -0.1) is 5.92 Å². The maximum atomic E-state index is 13.6. The Labute approximate surface area is 205 Å². The molecule has 36 heavy (non-hydrogen) atoms. The minimum Gasteiger partial charge on any atom is -0.329 e. The molecule has 2 aromatic rings. The van der Waals surface area contributed by atoms with Crippen LogP contribution in [0.1, 0.15) is 17.3 Å². The van der Waals surface area contributed by atoms with Crippen LogP contribution in [0.3, 0.4) is 0 Å². The molecule has 1 N–H and O–H groups in total. The molecule has 0 radical (unpaired) electrons. The molecule has 9 nitrogen and oxygen atoms in total. The molecule has 12 heteroatoms. The number of rotatable bonds is 6. The third-order valence-electron chi connectivity index (χ3n) is 5.86. The van der Waals surface area contributed by atoms with Gasteiger partial charge < -0.3 is 19.6 Å². The predicted molar refractivity (Wildman–Crippen MR) is 125 cm³/mol. The zero-order valence-corrected chi connectivity index (χ0v) is 19.4. The van der Waals surface area contributed by atoms with E-state index in [4.69, 9.17) is 4.84 Å². The highest BCUT2D eigenvalue weighted by atomic mass is 19.4. The zero-order chi connectivity index (χ0) is 25.9. The highest BCUT2D eigenvalue weighted by molar-refractivity contribution is 5.96. The summed E-state index contributed by atoms with van der Waals surface area (Å²) in [6.07, 6.45) is -4.95. The second kappa shape index (κ2) is 10.4. The van der Waals surface area contributed by atoms with Crippen molar-refractivity contribution in [1.29, 1.82) is 0 Å². The fourth-order valence-electron chi connectivity index (χ4n) is 4.18. The number of Topliss-reactive ketones (excluding diaryl/α,β-unsaturated/α-hetero) is 1. The number of piperazine rings is 1. The number of halogens is 3. The summed E-state index contributed by atoms with van der Waals surface area (Å²) in [6, 6.07) is 9.79. The van der Waals surface area contributed by atoms with Crippen molar-refractivity contribution in [2.75, 3.05) is 42.7 Å². The van der Waals surface area contributed by atoms with E-state index < -0.39 is 24.0 Å². The van der Waals surface area contributed by atoms with E-state index in [1.54, 1.807) is 42.2 Å². The Hall–Kier alpha value is -3.82. The zero-order valence-electron chi connectivity index (χ0n) is 19.4. The number of alkyl halides is 3. The number of ketones is 1. The van der Waals surface area contributed by atoms with Crippen LogP contribution in [-0.4, -0.2) is 66.4 Å². The number of nitrogens with zero attached hydrogens (tertiary/aromatic N) is 4. The van der Waals surface area contributed by atoms with Gasteiger partial charge in [-0.2, -0.15) is 18.2 Å². The van der Waals surface area contributed by atoms with E-state index in [0.717, 1.165) is 5.06 Å². The standard InChI is InChI=1S/C24H24F3N5O4/c1-2-3-12-31-20-18(9-13-30(21(20)34)16-19(33)17-7-5-4-6-8-17)32(36-22(35)24(25,26)27)23(31)29-14-10-28-11-15-29/h4-9,13,23,28H,10-12,14-16H2,1H3. The van der Waals surface area contributed by atoms with Crippen molar-refractivity contribution in [1.82, 2.24) is 14.8 Å². The van der Waals surface area contributed by atoms with Crippen molar-refractivity contribution in [2.24, 2.45) is 0 Å². The molecule has 2 aliphatic rings. The van der Waals surface area contributed by atoms with Gasteiger partial charge >= 0.3 is 12.1 Å². The van der Waals surface area contributed by atoms with Crippen LogP contribution < -0.4 is 20.8 Å². The Morgan fingerprint density at radius 3 is 2.47 bits per heavy atom. The third kappa shape index (κ3) is 5.07. The summed E-state index contributed by atoms with van der Waals surface area (Å²) in [5.41, 5.74) is -0.208. The summed E-state index contributed by atoms with van der Waals surface area (Å²) in [6.45, 7) is 3.27. The quantitative estimate of drug-likeness (QED) is 0.470. The van der Waals surface area contributed by atoms with Gasteiger partial charge in [0.2, 0.25) is 0 Å². The van der Waals surface area contributed by atoms with Crippen LogP contribution in [0.5, 0.6) is 0 Å². The van der Waals surface area contributed by atoms with E-state index in [0.29, 0.717) is 31.7 Å². The lowest BCUT2D eigenvalue weighted by atomic mass is 10.1. The number of aromatic nitrogens is 1. The highest BCUT2D eigenvalue weighted by Gasteiger charge is 2.49. The molecule has 1 fully saturated rings. The number of hydrogen-bond acceptors (Lipinski definition) is 8. The summed E-state index contributed by atoms with van der Waals surface area (Å²) >= 11 is 0. The van der Waals surface area contributed by atoms with Crippen LogP contribution in [0.15, 0.2) is 47.4 Å². The third-order valence-corrected chi connectivity index (χ3v) is 5.86. The van der Waals surface area contributed by atoms with E-state index in [2.05, 4.69) is 17.2 Å². The topological polar surface area (TPSA) is 87.1 Å². The van der Waals surface area contributed by atoms with Crippen molar-refractivity contribution < 1.29 is 27.6 Å². The van der Waals surface area contributed by atoms with Crippen LogP contribution in [-0.2, 0) is 16.2 Å². The molecular formula is C24H24F3N5O4. The normalized spacial score (nSPS) is 17.8. The Bertz CT molecular complexity index is 1250. The number of pyridine rings is 1. The van der Waals surface area contributed by atoms with E-state index >= 15 is 0 Å². The number of carbonyl (C=O) groups is 2. The largest absolute Gasteiger partial charge is 0.493 e. The van der Waals surface area contributed by atoms with Gasteiger partial charge in [0.25, 0.3) is 5.56 Å². The number of anilines is 2. The molecule has 0 bridgehead atoms. The Kier molecular flexibility index (Phi) is 7.32. The summed E-state index contributed by atoms with van der Waals surface area (Å²) in [7, 11) is 0. The number of hydroxylamine groups is 1. The fraction of sp³-hybridized carbons (Fsp3) is 0.375. The summed E-state index contributed by atoms with van der Waals surface area (Å²) in [5.74, 6) is 2.86. The minimum atomic E-state index is -5.23. The first kappa shape index (κ1) is 25.3. The Balaban J connectivity index is 1.77. The summed E-state index contributed by atoms with van der Waals surface area (Å²) in [5, 5.41) is 3.98. The molecule has 0 amide bonds. The molecule has 0 aliphatic carbocycles. The van der Waals surface area contributed by atoms with Crippen LogP contribution >= 0.6 is 0 Å². The number of benzene rings is 1. The van der Waals surface area contributed by atoms with Crippen molar-refractivity contribution in [3.8, 4) is 11.8 Å². The van der Waals surface area contributed by atoms with E-state index in [-0.39, 0.29) is 30.2 Å². The summed E-state index contributed by atoms with van der Waals surface area (Å²) < 4.78 is 40.6. The van der Waals surface area contributed by atoms with Crippen LogP contribution in [0.25, 0.3) is 0 Å². The van der Waals surface area contributed by atoms with Gasteiger partial charge in [-0.05, 0) is 13.0 Å². The lowest BCUT2D eigenvalue weighted by Gasteiger charge is -2.40. The van der Waals surface area contributed by atoms with Crippen molar-refractivity contribution in [3.63, 3.8) is 0 Å². The molecule has 0 saturated carbocycles. The van der Waals surface area contributed by atoms with Gasteiger partial charge in [0.1, 0.15) is 11.4 Å². The van der Waals surface area contributed by atoms with Crippen molar-refractivity contribution in [3.05, 3.63) is 58.5 Å². The lowest BCUT2D eigenvalue weighted by molar-refractivity contribution is -0.203. The fourth-order valence-corrected chi connectivity index (χ4v) is 4.18. The molecule has 3 heterocycles. The van der Waals surface area contributed by atoms with Crippen LogP contribution in [0.2, 0.25) is 0 Å². The number of fused-ring (bicyclic) bond motifs is 1. The molecule has 1 aromatic carbocycles. The lowest BCUT2D eigenvalue weighted by Crippen LogP contribution is -2.61. The smallest absolute Gasteiger partial charge is 0.329 e. The molecule has 1 atom stereocenters. The van der Waals surface area contributed by atoms with Gasteiger partial charge in [0.05, 0.1) is 13.1 Å². The number of carbonyl (C=O) groups excluding carboxylic acids is 2. The van der Waals surface area contributed by atoms with Crippen LogP contribution in [0, 0.1) is 11.8 Å². The summed E-state index contributed by atoms with van der Waals surface area (Å²) in [4.78, 5) is 46.3. The van der Waals surface area contributed by atoms with E-state index in [1.807, 2.05) is 0 Å². The molecule has 2 aliphatic heterocycles. The number of hydrogen-bond donors (Lipinski definition) is 1. The maximum Gasteiger partial charge on any atom is 0.493 e. The van der Waals surface area contributed by atoms with Gasteiger partial charge in [-0.1, -0.05) is 36.3 Å². The molecule has 190 valence electrons. The molecular weight excluding hydrogens is 479 g/mol. The first-order chi connectivity index (χ1) is 17.2. The Morgan fingerprint density at radius 1 is 1.14 bits per heavy atom. The number of nitrogens with one attached hydrogen (secondary N) is 1. The average Bonchev–Trinajstić information content (AvgIpc) is 3.18. The van der Waals surface area contributed by atoms with Gasteiger partial charge in [-0.25, -0.2) is 4.79 Å². The molecule has 4 rings (SSSR count). The first-order valence-electron chi connectivity index (χ1n) is 11.2. The second-order valence-corrected chi connectivity index (χ2v) is 8.16. The first-order valence-corrected chi connectivity index (χ1v) is 11.2. The monoisotopic (exact) mass is 503 g/mol. The average molecular weight is 503 g/mol. The predicted octanol–water partition coefficient (Wildman–Crippen LogP) is 1.59. The minimum absolute atomic E-state index is 0.000353.